The average Bonchev–Trinajstić information content (AvgIpc) is 2.46. The van der Waals surface area contributed by atoms with Crippen molar-refractivity contribution >= 4 is 0 Å². The molecule has 0 radical (unpaired) electrons. The van der Waals surface area contributed by atoms with E-state index in [1.807, 2.05) is 18.2 Å². The highest BCUT2D eigenvalue weighted by Crippen LogP contribution is 2.21. The quantitative estimate of drug-likeness (QED) is 0.856. The number of hydrogen-bond acceptors (Lipinski definition) is 4. The van der Waals surface area contributed by atoms with Gasteiger partial charge in [0.25, 0.3) is 0 Å². The molecule has 2 rings (SSSR count). The third-order valence-corrected chi connectivity index (χ3v) is 4.11. The molecule has 0 saturated carbocycles. The Kier molecular flexibility index (Phi) is 4.87. The summed E-state index contributed by atoms with van der Waals surface area (Å²) >= 11 is 0. The average molecular weight is 287 g/mol. The van der Waals surface area contributed by atoms with Crippen molar-refractivity contribution in [3.63, 3.8) is 0 Å². The van der Waals surface area contributed by atoms with Crippen LogP contribution in [0.1, 0.15) is 31.9 Å². The molecular weight excluding hydrogens is 262 g/mol. The Balaban J connectivity index is 1.97. The number of rotatable bonds is 3. The third-order valence-electron chi connectivity index (χ3n) is 4.11. The lowest BCUT2D eigenvalue weighted by Gasteiger charge is -2.42. The summed E-state index contributed by atoms with van der Waals surface area (Å²) in [5, 5.41) is 9.02. The first-order valence-corrected chi connectivity index (χ1v) is 7.48. The Morgan fingerprint density at radius 2 is 1.86 bits per heavy atom. The lowest BCUT2D eigenvalue weighted by molar-refractivity contribution is 0.0591. The smallest absolute Gasteiger partial charge is 0.136 e. The monoisotopic (exact) mass is 287 g/mol. The van der Waals surface area contributed by atoms with E-state index >= 15 is 0 Å². The minimum absolute atomic E-state index is 0.254. The summed E-state index contributed by atoms with van der Waals surface area (Å²) in [5.74, 6) is 0.670. The molecule has 114 valence electrons. The van der Waals surface area contributed by atoms with Crippen molar-refractivity contribution in [2.45, 2.75) is 32.9 Å². The van der Waals surface area contributed by atoms with Crippen molar-refractivity contribution in [1.29, 1.82) is 5.26 Å². The van der Waals surface area contributed by atoms with Gasteiger partial charge in [0, 0.05) is 38.3 Å². The molecule has 1 aromatic carbocycles. The fourth-order valence-corrected chi connectivity index (χ4v) is 2.76. The summed E-state index contributed by atoms with van der Waals surface area (Å²) in [6.45, 7) is 12.1. The van der Waals surface area contributed by atoms with Crippen molar-refractivity contribution in [3.8, 4) is 11.8 Å². The van der Waals surface area contributed by atoms with Crippen LogP contribution in [0.3, 0.4) is 0 Å². The van der Waals surface area contributed by atoms with E-state index in [0.717, 1.165) is 32.7 Å². The van der Waals surface area contributed by atoms with Gasteiger partial charge in [-0.3, -0.25) is 9.80 Å². The minimum Gasteiger partial charge on any atom is -0.495 e. The van der Waals surface area contributed by atoms with Crippen molar-refractivity contribution in [2.24, 2.45) is 0 Å². The SMILES string of the molecule is COc1cc(CN2CCN(C(C)(C)C)CC2)ccc1C#N. The molecule has 1 aromatic rings. The van der Waals surface area contributed by atoms with Crippen molar-refractivity contribution in [2.75, 3.05) is 33.3 Å². The molecule has 4 heteroatoms. The van der Waals surface area contributed by atoms with Crippen LogP contribution >= 0.6 is 0 Å². The van der Waals surface area contributed by atoms with E-state index in [0.29, 0.717) is 11.3 Å². The molecule has 1 aliphatic heterocycles. The molecule has 1 fully saturated rings. The van der Waals surface area contributed by atoms with Gasteiger partial charge in [0.2, 0.25) is 0 Å². The molecule has 0 aliphatic carbocycles. The summed E-state index contributed by atoms with van der Waals surface area (Å²) in [6, 6.07) is 8.01. The van der Waals surface area contributed by atoms with Crippen LogP contribution in [0.15, 0.2) is 18.2 Å². The summed E-state index contributed by atoms with van der Waals surface area (Å²) < 4.78 is 5.28. The van der Waals surface area contributed by atoms with Gasteiger partial charge >= 0.3 is 0 Å². The normalized spacial score (nSPS) is 17.5. The second-order valence-electron chi connectivity index (χ2n) is 6.58. The summed E-state index contributed by atoms with van der Waals surface area (Å²) in [7, 11) is 1.61. The van der Waals surface area contributed by atoms with E-state index < -0.39 is 0 Å². The lowest BCUT2D eigenvalue weighted by atomic mass is 10.0. The van der Waals surface area contributed by atoms with Crippen LogP contribution in [0.4, 0.5) is 0 Å². The van der Waals surface area contributed by atoms with Crippen LogP contribution in [-0.2, 0) is 6.54 Å². The molecule has 0 aromatic heterocycles. The standard InChI is InChI=1S/C17H25N3O/c1-17(2,3)20-9-7-19(8-10-20)13-14-5-6-15(12-18)16(11-14)21-4/h5-6,11H,7-10,13H2,1-4H3. The molecule has 0 amide bonds. The van der Waals surface area contributed by atoms with Gasteiger partial charge in [-0.05, 0) is 38.5 Å². The zero-order valence-corrected chi connectivity index (χ0v) is 13.5. The zero-order valence-electron chi connectivity index (χ0n) is 13.5. The van der Waals surface area contributed by atoms with Crippen LogP contribution in [-0.4, -0.2) is 48.6 Å². The van der Waals surface area contributed by atoms with Crippen LogP contribution < -0.4 is 4.74 Å². The largest absolute Gasteiger partial charge is 0.495 e. The first-order valence-electron chi connectivity index (χ1n) is 7.48. The van der Waals surface area contributed by atoms with Crippen LogP contribution in [0.25, 0.3) is 0 Å². The van der Waals surface area contributed by atoms with E-state index in [-0.39, 0.29) is 5.54 Å². The first kappa shape index (κ1) is 15.8. The number of benzene rings is 1. The maximum absolute atomic E-state index is 9.02. The van der Waals surface area contributed by atoms with Gasteiger partial charge in [0.15, 0.2) is 0 Å². The second-order valence-corrected chi connectivity index (χ2v) is 6.58. The maximum Gasteiger partial charge on any atom is 0.136 e. The highest BCUT2D eigenvalue weighted by molar-refractivity contribution is 5.45. The predicted octanol–water partition coefficient (Wildman–Crippen LogP) is 2.48. The van der Waals surface area contributed by atoms with Gasteiger partial charge in [-0.1, -0.05) is 6.07 Å². The van der Waals surface area contributed by atoms with E-state index in [9.17, 15) is 0 Å². The van der Waals surface area contributed by atoms with Gasteiger partial charge in [-0.15, -0.1) is 0 Å². The Morgan fingerprint density at radius 1 is 1.19 bits per heavy atom. The van der Waals surface area contributed by atoms with E-state index in [1.165, 1.54) is 5.56 Å². The van der Waals surface area contributed by atoms with Gasteiger partial charge in [-0.25, -0.2) is 0 Å². The lowest BCUT2D eigenvalue weighted by Crippen LogP contribution is -2.53. The number of piperazine rings is 1. The summed E-state index contributed by atoms with van der Waals surface area (Å²) in [4.78, 5) is 4.99. The Hall–Kier alpha value is -1.57. The maximum atomic E-state index is 9.02. The molecule has 4 nitrogen and oxygen atoms in total. The van der Waals surface area contributed by atoms with E-state index in [2.05, 4.69) is 36.6 Å². The van der Waals surface area contributed by atoms with E-state index in [4.69, 9.17) is 10.00 Å². The topological polar surface area (TPSA) is 39.5 Å². The molecule has 0 atom stereocenters. The molecule has 1 saturated heterocycles. The molecule has 1 aliphatic rings. The van der Waals surface area contributed by atoms with Crippen molar-refractivity contribution < 1.29 is 4.74 Å². The van der Waals surface area contributed by atoms with E-state index in [1.54, 1.807) is 7.11 Å². The molecule has 1 heterocycles. The molecular formula is C17H25N3O. The fraction of sp³-hybridized carbons (Fsp3) is 0.588. The van der Waals surface area contributed by atoms with Crippen LogP contribution in [0, 0.1) is 11.3 Å². The number of nitriles is 1. The summed E-state index contributed by atoms with van der Waals surface area (Å²) in [5.41, 5.74) is 2.05. The van der Waals surface area contributed by atoms with Gasteiger partial charge < -0.3 is 4.74 Å². The minimum atomic E-state index is 0.254. The molecule has 0 N–H and O–H groups in total. The Morgan fingerprint density at radius 3 is 2.38 bits per heavy atom. The van der Waals surface area contributed by atoms with Crippen molar-refractivity contribution in [1.82, 2.24) is 9.80 Å². The zero-order chi connectivity index (χ0) is 15.5. The Bertz CT molecular complexity index is 520. The van der Waals surface area contributed by atoms with Crippen LogP contribution in [0.2, 0.25) is 0 Å². The van der Waals surface area contributed by atoms with Gasteiger partial charge in [0.1, 0.15) is 11.8 Å². The summed E-state index contributed by atoms with van der Waals surface area (Å²) in [6.07, 6.45) is 0. The molecule has 0 bridgehead atoms. The fourth-order valence-electron chi connectivity index (χ4n) is 2.76. The highest BCUT2D eigenvalue weighted by Gasteiger charge is 2.25. The van der Waals surface area contributed by atoms with Crippen LogP contribution in [0.5, 0.6) is 5.75 Å². The van der Waals surface area contributed by atoms with Gasteiger partial charge in [-0.2, -0.15) is 5.26 Å². The third kappa shape index (κ3) is 3.96. The number of ether oxygens (including phenoxy) is 1. The number of hydrogen-bond donors (Lipinski definition) is 0. The highest BCUT2D eigenvalue weighted by atomic mass is 16.5. The number of nitrogens with zero attached hydrogens (tertiary/aromatic N) is 3. The number of methoxy groups -OCH3 is 1. The molecule has 0 unspecified atom stereocenters. The predicted molar refractivity (Wildman–Crippen MR) is 84.3 cm³/mol. The van der Waals surface area contributed by atoms with Gasteiger partial charge in [0.05, 0.1) is 12.7 Å². The molecule has 0 spiro atoms. The first-order chi connectivity index (χ1) is 9.94. The van der Waals surface area contributed by atoms with Crippen molar-refractivity contribution in [3.05, 3.63) is 29.3 Å². The second kappa shape index (κ2) is 6.46. The Labute approximate surface area is 127 Å². The molecule has 21 heavy (non-hydrogen) atoms.